The lowest BCUT2D eigenvalue weighted by Gasteiger charge is -2.17. The molecular weight excluding hydrogens is 290 g/mol. The van der Waals surface area contributed by atoms with Crippen molar-refractivity contribution in [1.82, 2.24) is 9.97 Å². The Morgan fingerprint density at radius 3 is 2.65 bits per heavy atom. The molecule has 3 rings (SSSR count). The van der Waals surface area contributed by atoms with Crippen molar-refractivity contribution in [2.45, 2.75) is 19.4 Å². The zero-order chi connectivity index (χ0) is 16.2. The number of fused-ring (bicyclic) bond motifs is 1. The summed E-state index contributed by atoms with van der Waals surface area (Å²) in [7, 11) is 0. The Balaban J connectivity index is 1.81. The number of aromatic amines is 1. The highest BCUT2D eigenvalue weighted by atomic mass is 16.3. The Labute approximate surface area is 134 Å². The van der Waals surface area contributed by atoms with Gasteiger partial charge in [0.2, 0.25) is 5.95 Å². The molecule has 0 saturated carbocycles. The highest BCUT2D eigenvalue weighted by Crippen LogP contribution is 2.11. The van der Waals surface area contributed by atoms with Gasteiger partial charge in [-0.25, -0.2) is 4.98 Å². The number of para-hydroxylation sites is 1. The first-order chi connectivity index (χ1) is 11.2. The fraction of sp³-hybridized carbons (Fsp3) is 0.222. The predicted octanol–water partition coefficient (Wildman–Crippen LogP) is 2.25. The van der Waals surface area contributed by atoms with Gasteiger partial charge in [-0.2, -0.15) is 0 Å². The van der Waals surface area contributed by atoms with Gasteiger partial charge < -0.3 is 10.4 Å². The fourth-order valence-corrected chi connectivity index (χ4v) is 2.52. The smallest absolute Gasteiger partial charge is 0.260 e. The van der Waals surface area contributed by atoms with Crippen LogP contribution in [0.3, 0.4) is 0 Å². The first-order valence-electron chi connectivity index (χ1n) is 7.58. The van der Waals surface area contributed by atoms with E-state index in [1.165, 1.54) is 5.56 Å². The fourth-order valence-electron chi connectivity index (χ4n) is 2.52. The largest absolute Gasteiger partial charge is 0.394 e. The van der Waals surface area contributed by atoms with Crippen molar-refractivity contribution >= 4 is 16.9 Å². The molecule has 0 radical (unpaired) electrons. The second-order valence-corrected chi connectivity index (χ2v) is 5.65. The van der Waals surface area contributed by atoms with Crippen LogP contribution in [0.25, 0.3) is 10.9 Å². The molecule has 0 amide bonds. The topological polar surface area (TPSA) is 78.0 Å². The number of nitrogens with zero attached hydrogens (tertiary/aromatic N) is 1. The van der Waals surface area contributed by atoms with Crippen molar-refractivity contribution < 1.29 is 5.11 Å². The van der Waals surface area contributed by atoms with Gasteiger partial charge in [0.25, 0.3) is 5.56 Å². The molecule has 5 heteroatoms. The second kappa shape index (κ2) is 6.62. The van der Waals surface area contributed by atoms with Gasteiger partial charge in [0.15, 0.2) is 0 Å². The third kappa shape index (κ3) is 3.57. The van der Waals surface area contributed by atoms with E-state index in [9.17, 15) is 9.90 Å². The number of hydrogen-bond acceptors (Lipinski definition) is 4. The lowest BCUT2D eigenvalue weighted by molar-refractivity contribution is 0.273. The lowest BCUT2D eigenvalue weighted by atomic mass is 10.1. The first-order valence-corrected chi connectivity index (χ1v) is 7.58. The van der Waals surface area contributed by atoms with Crippen molar-refractivity contribution in [2.75, 3.05) is 11.9 Å². The van der Waals surface area contributed by atoms with Crippen molar-refractivity contribution in [3.63, 3.8) is 0 Å². The molecule has 2 aromatic carbocycles. The van der Waals surface area contributed by atoms with Crippen LogP contribution in [-0.4, -0.2) is 27.7 Å². The Bertz CT molecular complexity index is 856. The molecule has 0 fully saturated rings. The molecule has 3 N–H and O–H groups in total. The average molecular weight is 309 g/mol. The highest BCUT2D eigenvalue weighted by Gasteiger charge is 2.11. The van der Waals surface area contributed by atoms with Crippen LogP contribution in [-0.2, 0) is 6.42 Å². The van der Waals surface area contributed by atoms with Gasteiger partial charge in [0.1, 0.15) is 0 Å². The lowest BCUT2D eigenvalue weighted by Crippen LogP contribution is -2.28. The van der Waals surface area contributed by atoms with Crippen molar-refractivity contribution in [3.05, 3.63) is 70.0 Å². The SMILES string of the molecule is Cc1ccc(C[C@H](CO)Nc2nc3ccccc3c(=O)[nH]2)cc1. The van der Waals surface area contributed by atoms with E-state index >= 15 is 0 Å². The summed E-state index contributed by atoms with van der Waals surface area (Å²) in [6.07, 6.45) is 0.646. The molecule has 1 aromatic heterocycles. The minimum absolute atomic E-state index is 0.0512. The average Bonchev–Trinajstić information content (AvgIpc) is 2.56. The molecule has 0 bridgehead atoms. The van der Waals surface area contributed by atoms with Gasteiger partial charge in [-0.1, -0.05) is 42.0 Å². The number of rotatable bonds is 5. The molecule has 0 spiro atoms. The van der Waals surface area contributed by atoms with Gasteiger partial charge in [-0.15, -0.1) is 0 Å². The summed E-state index contributed by atoms with van der Waals surface area (Å²) < 4.78 is 0. The van der Waals surface area contributed by atoms with Crippen molar-refractivity contribution in [2.24, 2.45) is 0 Å². The predicted molar refractivity (Wildman–Crippen MR) is 91.7 cm³/mol. The number of hydrogen-bond donors (Lipinski definition) is 3. The van der Waals surface area contributed by atoms with Gasteiger partial charge >= 0.3 is 0 Å². The van der Waals surface area contributed by atoms with Gasteiger partial charge in [0, 0.05) is 0 Å². The molecule has 118 valence electrons. The number of benzene rings is 2. The Morgan fingerprint density at radius 2 is 1.91 bits per heavy atom. The third-order valence-corrected chi connectivity index (χ3v) is 3.78. The van der Waals surface area contributed by atoms with Crippen LogP contribution < -0.4 is 10.9 Å². The standard InChI is InChI=1S/C18H19N3O2/c1-12-6-8-13(9-7-12)10-14(11-22)19-18-20-16-5-3-2-4-15(16)17(23)21-18/h2-9,14,22H,10-11H2,1H3,(H2,19,20,21,23)/t14-/m1/s1. The molecule has 0 aliphatic carbocycles. The zero-order valence-corrected chi connectivity index (χ0v) is 12.9. The Kier molecular flexibility index (Phi) is 4.39. The van der Waals surface area contributed by atoms with Crippen LogP contribution in [0.1, 0.15) is 11.1 Å². The summed E-state index contributed by atoms with van der Waals surface area (Å²) in [6.45, 7) is 1.99. The molecule has 0 unspecified atom stereocenters. The maximum Gasteiger partial charge on any atom is 0.260 e. The number of H-pyrrole nitrogens is 1. The van der Waals surface area contributed by atoms with E-state index in [0.29, 0.717) is 23.3 Å². The minimum Gasteiger partial charge on any atom is -0.394 e. The Morgan fingerprint density at radius 1 is 1.17 bits per heavy atom. The maximum absolute atomic E-state index is 12.1. The van der Waals surface area contributed by atoms with E-state index in [1.54, 1.807) is 18.2 Å². The summed E-state index contributed by atoms with van der Waals surface area (Å²) in [5, 5.41) is 13.3. The number of nitrogens with one attached hydrogen (secondary N) is 2. The highest BCUT2D eigenvalue weighted by molar-refractivity contribution is 5.78. The summed E-state index contributed by atoms with van der Waals surface area (Å²) in [5.74, 6) is 0.375. The van der Waals surface area contributed by atoms with Crippen LogP contribution in [0.15, 0.2) is 53.3 Å². The second-order valence-electron chi connectivity index (χ2n) is 5.65. The quantitative estimate of drug-likeness (QED) is 0.675. The van der Waals surface area contributed by atoms with E-state index < -0.39 is 0 Å². The molecular formula is C18H19N3O2. The van der Waals surface area contributed by atoms with Crippen LogP contribution in [0.5, 0.6) is 0 Å². The zero-order valence-electron chi connectivity index (χ0n) is 12.9. The van der Waals surface area contributed by atoms with E-state index in [2.05, 4.69) is 15.3 Å². The van der Waals surface area contributed by atoms with E-state index in [4.69, 9.17) is 0 Å². The normalized spacial score (nSPS) is 12.3. The summed E-state index contributed by atoms with van der Waals surface area (Å²) in [4.78, 5) is 19.2. The van der Waals surface area contributed by atoms with Crippen LogP contribution in [0, 0.1) is 6.92 Å². The van der Waals surface area contributed by atoms with E-state index in [1.807, 2.05) is 37.3 Å². The molecule has 0 saturated heterocycles. The Hall–Kier alpha value is -2.66. The summed E-state index contributed by atoms with van der Waals surface area (Å²) in [5.41, 5.74) is 2.75. The summed E-state index contributed by atoms with van der Waals surface area (Å²) >= 11 is 0. The van der Waals surface area contributed by atoms with Crippen LogP contribution in [0.2, 0.25) is 0 Å². The van der Waals surface area contributed by atoms with Crippen LogP contribution >= 0.6 is 0 Å². The molecule has 5 nitrogen and oxygen atoms in total. The third-order valence-electron chi connectivity index (χ3n) is 3.78. The molecule has 0 aliphatic heterocycles. The monoisotopic (exact) mass is 309 g/mol. The van der Waals surface area contributed by atoms with Crippen LogP contribution in [0.4, 0.5) is 5.95 Å². The van der Waals surface area contributed by atoms with Gasteiger partial charge in [-0.05, 0) is 31.0 Å². The number of anilines is 1. The molecule has 1 atom stereocenters. The number of aromatic nitrogens is 2. The van der Waals surface area contributed by atoms with E-state index in [-0.39, 0.29) is 18.2 Å². The molecule has 23 heavy (non-hydrogen) atoms. The number of aryl methyl sites for hydroxylation is 1. The first kappa shape index (κ1) is 15.2. The summed E-state index contributed by atoms with van der Waals surface area (Å²) in [6, 6.07) is 15.1. The number of aliphatic hydroxyl groups excluding tert-OH is 1. The van der Waals surface area contributed by atoms with Gasteiger partial charge in [-0.3, -0.25) is 9.78 Å². The molecule has 1 heterocycles. The molecule has 3 aromatic rings. The number of aliphatic hydroxyl groups is 1. The maximum atomic E-state index is 12.1. The van der Waals surface area contributed by atoms with Crippen molar-refractivity contribution in [1.29, 1.82) is 0 Å². The van der Waals surface area contributed by atoms with Gasteiger partial charge in [0.05, 0.1) is 23.6 Å². The van der Waals surface area contributed by atoms with Crippen molar-refractivity contribution in [3.8, 4) is 0 Å². The molecule has 0 aliphatic rings. The van der Waals surface area contributed by atoms with E-state index in [0.717, 1.165) is 5.56 Å². The minimum atomic E-state index is -0.220.